The molecular formula is C19H18NOS. The van der Waals surface area contributed by atoms with E-state index in [0.29, 0.717) is 5.19 Å². The zero-order valence-corrected chi connectivity index (χ0v) is 13.2. The van der Waals surface area contributed by atoms with Gasteiger partial charge in [0.1, 0.15) is 5.75 Å². The van der Waals surface area contributed by atoms with Gasteiger partial charge in [-0.2, -0.15) is 0 Å². The monoisotopic (exact) mass is 308 g/mol. The van der Waals surface area contributed by atoms with Gasteiger partial charge in [-0.15, -0.1) is 0 Å². The molecule has 1 radical (unpaired) electrons. The van der Waals surface area contributed by atoms with E-state index < -0.39 is 0 Å². The number of aromatic nitrogens is 1. The van der Waals surface area contributed by atoms with Gasteiger partial charge in [-0.05, 0) is 67.9 Å². The van der Waals surface area contributed by atoms with Crippen LogP contribution in [0.25, 0.3) is 10.2 Å². The van der Waals surface area contributed by atoms with Gasteiger partial charge in [-0.1, -0.05) is 35.6 Å². The first kappa shape index (κ1) is 13.8. The van der Waals surface area contributed by atoms with Gasteiger partial charge in [0, 0.05) is 0 Å². The van der Waals surface area contributed by atoms with E-state index in [1.807, 2.05) is 30.3 Å². The number of benzene rings is 2. The van der Waals surface area contributed by atoms with Crippen LogP contribution in [-0.2, 0) is 6.42 Å². The molecule has 0 bridgehead atoms. The van der Waals surface area contributed by atoms with E-state index in [9.17, 15) is 0 Å². The zero-order chi connectivity index (χ0) is 14.8. The average Bonchev–Trinajstić information content (AvgIpc) is 3.27. The highest BCUT2D eigenvalue weighted by molar-refractivity contribution is 7.20. The summed E-state index contributed by atoms with van der Waals surface area (Å²) in [4.78, 5) is 4.50. The van der Waals surface area contributed by atoms with Crippen LogP contribution in [0.15, 0.2) is 48.5 Å². The molecule has 1 saturated carbocycles. The van der Waals surface area contributed by atoms with Crippen LogP contribution in [0.5, 0.6) is 10.9 Å². The van der Waals surface area contributed by atoms with Gasteiger partial charge in [-0.25, -0.2) is 4.98 Å². The number of rotatable bonds is 6. The van der Waals surface area contributed by atoms with Crippen molar-refractivity contribution in [2.75, 3.05) is 0 Å². The quantitative estimate of drug-likeness (QED) is 0.588. The largest absolute Gasteiger partial charge is 0.431 e. The number of fused-ring (bicyclic) bond motifs is 1. The van der Waals surface area contributed by atoms with Crippen molar-refractivity contribution >= 4 is 21.6 Å². The molecule has 22 heavy (non-hydrogen) atoms. The molecule has 0 amide bonds. The molecule has 1 aliphatic carbocycles. The van der Waals surface area contributed by atoms with Crippen molar-refractivity contribution in [2.24, 2.45) is 5.92 Å². The number of thiazole rings is 1. The topological polar surface area (TPSA) is 22.1 Å². The first-order chi connectivity index (χ1) is 10.9. The van der Waals surface area contributed by atoms with Gasteiger partial charge in [-0.3, -0.25) is 0 Å². The van der Waals surface area contributed by atoms with Gasteiger partial charge in [0.05, 0.1) is 10.2 Å². The molecule has 1 fully saturated rings. The number of hydrogen-bond donors (Lipinski definition) is 0. The van der Waals surface area contributed by atoms with Crippen molar-refractivity contribution in [2.45, 2.75) is 25.7 Å². The molecule has 2 aromatic carbocycles. The molecule has 1 heterocycles. The summed E-state index contributed by atoms with van der Waals surface area (Å²) in [5.74, 6) is 1.76. The minimum Gasteiger partial charge on any atom is -0.431 e. The van der Waals surface area contributed by atoms with Crippen molar-refractivity contribution in [3.8, 4) is 10.9 Å². The first-order valence-corrected chi connectivity index (χ1v) is 8.64. The van der Waals surface area contributed by atoms with Crippen molar-refractivity contribution in [3.05, 3.63) is 60.5 Å². The number of nitrogens with zero attached hydrogens (tertiary/aromatic N) is 1. The summed E-state index contributed by atoms with van der Waals surface area (Å²) >= 11 is 1.58. The van der Waals surface area contributed by atoms with E-state index in [1.165, 1.54) is 24.8 Å². The number of aryl methyl sites for hydroxylation is 1. The maximum atomic E-state index is 5.87. The van der Waals surface area contributed by atoms with E-state index in [4.69, 9.17) is 4.74 Å². The lowest BCUT2D eigenvalue weighted by molar-refractivity contribution is 0.480. The molecule has 4 rings (SSSR count). The molecule has 3 aromatic rings. The second-order valence-corrected chi connectivity index (χ2v) is 6.80. The SMILES string of the molecule is [CH](CCc1ccc(Oc2nc3ccccc3s2)cc1)C1CC1. The predicted octanol–water partition coefficient (Wildman–Crippen LogP) is 5.64. The fraction of sp³-hybridized carbons (Fsp3) is 0.263. The maximum absolute atomic E-state index is 5.87. The molecule has 0 spiro atoms. The standard InChI is InChI=1S/C19H18NOS/c1-2-7-18-17(6-1)20-19(22-18)21-16-12-10-15(11-13-16)5-3-4-14-8-9-14/h1-2,4,6-7,10-14H,3,5,8-9H2. The third kappa shape index (κ3) is 3.30. The number of para-hydroxylation sites is 1. The third-order valence-corrected chi connectivity index (χ3v) is 4.87. The summed E-state index contributed by atoms with van der Waals surface area (Å²) in [6.07, 6.45) is 7.57. The Kier molecular flexibility index (Phi) is 3.81. The average molecular weight is 308 g/mol. The van der Waals surface area contributed by atoms with E-state index in [1.54, 1.807) is 11.3 Å². The molecule has 0 N–H and O–H groups in total. The molecule has 0 unspecified atom stereocenters. The van der Waals surface area contributed by atoms with E-state index >= 15 is 0 Å². The summed E-state index contributed by atoms with van der Waals surface area (Å²) in [6, 6.07) is 16.5. The highest BCUT2D eigenvalue weighted by Crippen LogP contribution is 2.33. The van der Waals surface area contributed by atoms with Crippen molar-refractivity contribution < 1.29 is 4.74 Å². The molecule has 1 aliphatic rings. The summed E-state index contributed by atoms with van der Waals surface area (Å²) in [6.45, 7) is 0. The Morgan fingerprint density at radius 1 is 1.09 bits per heavy atom. The van der Waals surface area contributed by atoms with E-state index in [2.05, 4.69) is 29.6 Å². The van der Waals surface area contributed by atoms with Crippen LogP contribution in [0.1, 0.15) is 24.8 Å². The molecule has 1 aromatic heterocycles. The third-order valence-electron chi connectivity index (χ3n) is 3.96. The normalized spacial score (nSPS) is 14.4. The van der Waals surface area contributed by atoms with Gasteiger partial charge in [0.25, 0.3) is 5.19 Å². The van der Waals surface area contributed by atoms with Crippen LogP contribution in [0.3, 0.4) is 0 Å². The summed E-state index contributed by atoms with van der Waals surface area (Å²) < 4.78 is 7.03. The summed E-state index contributed by atoms with van der Waals surface area (Å²) in [5, 5.41) is 0.705. The van der Waals surface area contributed by atoms with E-state index in [0.717, 1.165) is 28.3 Å². The zero-order valence-electron chi connectivity index (χ0n) is 12.4. The Bertz CT molecular complexity index is 725. The second kappa shape index (κ2) is 6.09. The molecule has 111 valence electrons. The minimum absolute atomic E-state index is 0.705. The Hall–Kier alpha value is -1.87. The van der Waals surface area contributed by atoms with Crippen molar-refractivity contribution in [1.29, 1.82) is 0 Å². The smallest absolute Gasteiger partial charge is 0.279 e. The highest BCUT2D eigenvalue weighted by Gasteiger charge is 2.20. The molecule has 3 heteroatoms. The molecule has 2 nitrogen and oxygen atoms in total. The molecule has 0 atom stereocenters. The predicted molar refractivity (Wildman–Crippen MR) is 91.5 cm³/mol. The minimum atomic E-state index is 0.705. The Morgan fingerprint density at radius 2 is 1.91 bits per heavy atom. The first-order valence-electron chi connectivity index (χ1n) is 7.82. The Morgan fingerprint density at radius 3 is 2.68 bits per heavy atom. The van der Waals surface area contributed by atoms with Gasteiger partial charge in [0.15, 0.2) is 0 Å². The highest BCUT2D eigenvalue weighted by atomic mass is 32.1. The number of ether oxygens (including phenoxy) is 1. The lowest BCUT2D eigenvalue weighted by Gasteiger charge is -2.04. The van der Waals surface area contributed by atoms with Crippen LogP contribution in [0, 0.1) is 12.3 Å². The van der Waals surface area contributed by atoms with Crippen molar-refractivity contribution in [1.82, 2.24) is 4.98 Å². The second-order valence-electron chi connectivity index (χ2n) is 5.81. The van der Waals surface area contributed by atoms with Crippen LogP contribution >= 0.6 is 11.3 Å². The van der Waals surface area contributed by atoms with Gasteiger partial charge in [0.2, 0.25) is 0 Å². The fourth-order valence-electron chi connectivity index (χ4n) is 2.54. The number of hydrogen-bond acceptors (Lipinski definition) is 3. The summed E-state index contributed by atoms with van der Waals surface area (Å²) in [7, 11) is 0. The lowest BCUT2D eigenvalue weighted by Crippen LogP contribution is -1.88. The summed E-state index contributed by atoms with van der Waals surface area (Å²) in [5.41, 5.74) is 2.36. The lowest BCUT2D eigenvalue weighted by atomic mass is 10.1. The maximum Gasteiger partial charge on any atom is 0.279 e. The Balaban J connectivity index is 1.39. The molecule has 0 aliphatic heterocycles. The van der Waals surface area contributed by atoms with Crippen LogP contribution in [-0.4, -0.2) is 4.98 Å². The van der Waals surface area contributed by atoms with Crippen LogP contribution in [0.2, 0.25) is 0 Å². The van der Waals surface area contributed by atoms with Gasteiger partial charge >= 0.3 is 0 Å². The Labute approximate surface area is 134 Å². The van der Waals surface area contributed by atoms with Gasteiger partial charge < -0.3 is 4.74 Å². The fourth-order valence-corrected chi connectivity index (χ4v) is 3.37. The molecular weight excluding hydrogens is 290 g/mol. The molecule has 0 saturated heterocycles. The van der Waals surface area contributed by atoms with E-state index in [-0.39, 0.29) is 0 Å². The van der Waals surface area contributed by atoms with Crippen LogP contribution in [0.4, 0.5) is 0 Å². The van der Waals surface area contributed by atoms with Crippen molar-refractivity contribution in [3.63, 3.8) is 0 Å². The van der Waals surface area contributed by atoms with Crippen LogP contribution < -0.4 is 4.74 Å².